The van der Waals surface area contributed by atoms with Gasteiger partial charge in [-0.1, -0.05) is 43.5 Å². The Morgan fingerprint density at radius 3 is 2.35 bits per heavy atom. The van der Waals surface area contributed by atoms with E-state index in [1.165, 1.54) is 16.9 Å². The van der Waals surface area contributed by atoms with Crippen molar-refractivity contribution in [1.29, 1.82) is 0 Å². The third-order valence-corrected chi connectivity index (χ3v) is 5.45. The standard InChI is InChI=1S/C22H30N2O2/c1-4-5-7-14-24-21(25)19(18-11-10-16(2)15-17(18)3)20(22(24)26)23-12-8-6-9-13-23/h10-11,15H,4-9,12-14H2,1-3H3. The summed E-state index contributed by atoms with van der Waals surface area (Å²) in [6, 6.07) is 6.12. The third kappa shape index (κ3) is 3.55. The van der Waals surface area contributed by atoms with Crippen LogP contribution in [0.15, 0.2) is 23.9 Å². The van der Waals surface area contributed by atoms with Crippen molar-refractivity contribution < 1.29 is 9.59 Å². The maximum absolute atomic E-state index is 13.2. The molecule has 2 aliphatic rings. The van der Waals surface area contributed by atoms with Crippen LogP contribution in [0, 0.1) is 13.8 Å². The molecule has 0 radical (unpaired) electrons. The average molecular weight is 354 g/mol. The molecule has 1 aromatic rings. The second-order valence-corrected chi connectivity index (χ2v) is 7.56. The van der Waals surface area contributed by atoms with Crippen LogP contribution in [0.25, 0.3) is 5.57 Å². The summed E-state index contributed by atoms with van der Waals surface area (Å²) in [5, 5.41) is 0. The fourth-order valence-corrected chi connectivity index (χ4v) is 4.03. The van der Waals surface area contributed by atoms with Crippen molar-refractivity contribution >= 4 is 17.4 Å². The van der Waals surface area contributed by atoms with Crippen molar-refractivity contribution in [2.45, 2.75) is 59.3 Å². The predicted octanol–water partition coefficient (Wildman–Crippen LogP) is 4.06. The van der Waals surface area contributed by atoms with Gasteiger partial charge in [0.25, 0.3) is 11.8 Å². The van der Waals surface area contributed by atoms with Gasteiger partial charge >= 0.3 is 0 Å². The minimum atomic E-state index is -0.112. The molecule has 4 heteroatoms. The van der Waals surface area contributed by atoms with Gasteiger partial charge in [0.1, 0.15) is 5.70 Å². The molecule has 1 saturated heterocycles. The van der Waals surface area contributed by atoms with E-state index in [0.717, 1.165) is 56.3 Å². The van der Waals surface area contributed by atoms with Crippen molar-refractivity contribution in [2.75, 3.05) is 19.6 Å². The lowest BCUT2D eigenvalue weighted by Crippen LogP contribution is -2.37. The second kappa shape index (κ2) is 8.07. The highest BCUT2D eigenvalue weighted by Gasteiger charge is 2.41. The number of hydrogen-bond acceptors (Lipinski definition) is 3. The Hall–Kier alpha value is -2.10. The number of carbonyl (C=O) groups excluding carboxylic acids is 2. The van der Waals surface area contributed by atoms with E-state index in [4.69, 9.17) is 0 Å². The summed E-state index contributed by atoms with van der Waals surface area (Å²) in [7, 11) is 0. The fourth-order valence-electron chi connectivity index (χ4n) is 4.03. The van der Waals surface area contributed by atoms with Crippen LogP contribution < -0.4 is 0 Å². The number of aryl methyl sites for hydroxylation is 2. The molecule has 0 N–H and O–H groups in total. The van der Waals surface area contributed by atoms with Gasteiger partial charge in [0.2, 0.25) is 0 Å². The molecular weight excluding hydrogens is 324 g/mol. The Morgan fingerprint density at radius 1 is 0.962 bits per heavy atom. The molecule has 0 aromatic heterocycles. The summed E-state index contributed by atoms with van der Waals surface area (Å²) in [6.45, 7) is 8.47. The van der Waals surface area contributed by atoms with E-state index in [-0.39, 0.29) is 11.8 Å². The molecule has 2 aliphatic heterocycles. The predicted molar refractivity (Wildman–Crippen MR) is 105 cm³/mol. The van der Waals surface area contributed by atoms with Crippen LogP contribution in [0.1, 0.15) is 62.1 Å². The van der Waals surface area contributed by atoms with E-state index < -0.39 is 0 Å². The molecule has 0 bridgehead atoms. The van der Waals surface area contributed by atoms with Crippen LogP contribution in [0.4, 0.5) is 0 Å². The van der Waals surface area contributed by atoms with Gasteiger partial charge in [-0.05, 0) is 50.7 Å². The van der Waals surface area contributed by atoms with E-state index in [1.807, 2.05) is 19.1 Å². The first-order chi connectivity index (χ1) is 12.5. The van der Waals surface area contributed by atoms with E-state index in [2.05, 4.69) is 24.8 Å². The number of amides is 2. The highest BCUT2D eigenvalue weighted by Crippen LogP contribution is 2.34. The number of imide groups is 1. The number of unbranched alkanes of at least 4 members (excludes halogenated alkanes) is 2. The number of piperidine rings is 1. The maximum Gasteiger partial charge on any atom is 0.277 e. The quantitative estimate of drug-likeness (QED) is 0.571. The molecule has 0 saturated carbocycles. The van der Waals surface area contributed by atoms with Crippen LogP contribution >= 0.6 is 0 Å². The van der Waals surface area contributed by atoms with Gasteiger partial charge < -0.3 is 4.90 Å². The lowest BCUT2D eigenvalue weighted by molar-refractivity contribution is -0.137. The van der Waals surface area contributed by atoms with E-state index in [9.17, 15) is 9.59 Å². The summed E-state index contributed by atoms with van der Waals surface area (Å²) in [6.07, 6.45) is 6.36. The molecule has 2 heterocycles. The zero-order valence-corrected chi connectivity index (χ0v) is 16.3. The number of carbonyl (C=O) groups is 2. The Morgan fingerprint density at radius 2 is 1.69 bits per heavy atom. The molecule has 26 heavy (non-hydrogen) atoms. The number of benzene rings is 1. The Labute approximate surface area is 156 Å². The molecule has 1 aromatic carbocycles. The van der Waals surface area contributed by atoms with Gasteiger partial charge in [0.05, 0.1) is 5.57 Å². The lowest BCUT2D eigenvalue weighted by Gasteiger charge is -2.29. The minimum absolute atomic E-state index is 0.0945. The van der Waals surface area contributed by atoms with Crippen LogP contribution in [0.2, 0.25) is 0 Å². The first kappa shape index (κ1) is 18.7. The Bertz CT molecular complexity index is 730. The van der Waals surface area contributed by atoms with Crippen LogP contribution in [0.5, 0.6) is 0 Å². The SMILES string of the molecule is CCCCCN1C(=O)C(c2ccc(C)cc2C)=C(N2CCCCC2)C1=O. The molecule has 4 nitrogen and oxygen atoms in total. The van der Waals surface area contributed by atoms with Gasteiger partial charge in [0, 0.05) is 19.6 Å². The van der Waals surface area contributed by atoms with Gasteiger partial charge in [-0.15, -0.1) is 0 Å². The largest absolute Gasteiger partial charge is 0.366 e. The summed E-state index contributed by atoms with van der Waals surface area (Å²) in [5.74, 6) is -0.207. The van der Waals surface area contributed by atoms with Crippen molar-refractivity contribution in [3.63, 3.8) is 0 Å². The van der Waals surface area contributed by atoms with E-state index in [1.54, 1.807) is 0 Å². The molecule has 1 fully saturated rings. The third-order valence-electron chi connectivity index (χ3n) is 5.45. The first-order valence-corrected chi connectivity index (χ1v) is 9.97. The molecule has 0 atom stereocenters. The summed E-state index contributed by atoms with van der Waals surface area (Å²) >= 11 is 0. The van der Waals surface area contributed by atoms with Crippen molar-refractivity contribution in [2.24, 2.45) is 0 Å². The van der Waals surface area contributed by atoms with Crippen LogP contribution in [0.3, 0.4) is 0 Å². The topological polar surface area (TPSA) is 40.6 Å². The number of hydrogen-bond donors (Lipinski definition) is 0. The highest BCUT2D eigenvalue weighted by atomic mass is 16.2. The van der Waals surface area contributed by atoms with Crippen molar-refractivity contribution in [3.05, 3.63) is 40.6 Å². The smallest absolute Gasteiger partial charge is 0.277 e. The molecule has 2 amide bonds. The van der Waals surface area contributed by atoms with Gasteiger partial charge in [-0.25, -0.2) is 0 Å². The normalized spacial score (nSPS) is 18.3. The van der Waals surface area contributed by atoms with Gasteiger partial charge in [-0.2, -0.15) is 0 Å². The molecule has 140 valence electrons. The minimum Gasteiger partial charge on any atom is -0.366 e. The van der Waals surface area contributed by atoms with Crippen molar-refractivity contribution in [3.8, 4) is 0 Å². The van der Waals surface area contributed by atoms with Crippen LogP contribution in [-0.2, 0) is 9.59 Å². The van der Waals surface area contributed by atoms with Crippen LogP contribution in [-0.4, -0.2) is 41.2 Å². The molecule has 0 unspecified atom stereocenters. The lowest BCUT2D eigenvalue weighted by atomic mass is 9.97. The van der Waals surface area contributed by atoms with E-state index in [0.29, 0.717) is 17.8 Å². The summed E-state index contributed by atoms with van der Waals surface area (Å²) in [5.41, 5.74) is 4.39. The molecular formula is C22H30N2O2. The summed E-state index contributed by atoms with van der Waals surface area (Å²) < 4.78 is 0. The number of nitrogens with zero attached hydrogens (tertiary/aromatic N) is 2. The number of rotatable bonds is 6. The maximum atomic E-state index is 13.2. The zero-order chi connectivity index (χ0) is 18.7. The zero-order valence-electron chi connectivity index (χ0n) is 16.3. The molecule has 0 aliphatic carbocycles. The monoisotopic (exact) mass is 354 g/mol. The summed E-state index contributed by atoms with van der Waals surface area (Å²) in [4.78, 5) is 30.0. The fraction of sp³-hybridized carbons (Fsp3) is 0.545. The molecule has 0 spiro atoms. The Balaban J connectivity index is 2.02. The average Bonchev–Trinajstić information content (AvgIpc) is 2.87. The van der Waals surface area contributed by atoms with Gasteiger partial charge in [0.15, 0.2) is 0 Å². The van der Waals surface area contributed by atoms with Gasteiger partial charge in [-0.3, -0.25) is 14.5 Å². The Kier molecular flexibility index (Phi) is 5.80. The van der Waals surface area contributed by atoms with E-state index >= 15 is 0 Å². The van der Waals surface area contributed by atoms with Crippen molar-refractivity contribution in [1.82, 2.24) is 9.80 Å². The molecule has 3 rings (SSSR count). The first-order valence-electron chi connectivity index (χ1n) is 9.97. The second-order valence-electron chi connectivity index (χ2n) is 7.56. The number of likely N-dealkylation sites (tertiary alicyclic amines) is 1. The highest BCUT2D eigenvalue weighted by molar-refractivity contribution is 6.35.